The van der Waals surface area contributed by atoms with E-state index in [4.69, 9.17) is 0 Å². The van der Waals surface area contributed by atoms with Crippen molar-refractivity contribution in [3.63, 3.8) is 0 Å². The molecule has 0 saturated carbocycles. The monoisotopic (exact) mass is 175 g/mol. The largest absolute Gasteiger partial charge is 0.320 e. The Morgan fingerprint density at radius 2 is 2.00 bits per heavy atom. The molecular weight excluding hydrogens is 168 g/mol. The molecular formula is C2H7F2N3O2S. The van der Waals surface area contributed by atoms with Crippen LogP contribution in [0.1, 0.15) is 0 Å². The topological polar surface area (TPSA) is 75.4 Å². The maximum Gasteiger partial charge on any atom is 0.320 e. The maximum atomic E-state index is 11.6. The molecule has 0 heterocycles. The molecule has 0 saturated heterocycles. The lowest BCUT2D eigenvalue weighted by Gasteiger charge is -2.15. The molecule has 0 amide bonds. The number of nitrogens with two attached hydrogens (primary N) is 1. The zero-order valence-corrected chi connectivity index (χ0v) is 5.90. The van der Waals surface area contributed by atoms with Crippen molar-refractivity contribution in [3.05, 3.63) is 0 Å². The highest BCUT2D eigenvalue weighted by molar-refractivity contribution is 7.86. The molecule has 0 aliphatic heterocycles. The van der Waals surface area contributed by atoms with Gasteiger partial charge in [0.15, 0.2) is 0 Å². The van der Waals surface area contributed by atoms with E-state index in [0.29, 0.717) is 0 Å². The van der Waals surface area contributed by atoms with Gasteiger partial charge in [0.05, 0.1) is 0 Å². The first-order chi connectivity index (χ1) is 4.39. The summed E-state index contributed by atoms with van der Waals surface area (Å²) in [7, 11) is -3.32. The Hall–Kier alpha value is -0.310. The van der Waals surface area contributed by atoms with E-state index in [9.17, 15) is 17.2 Å². The summed E-state index contributed by atoms with van der Waals surface area (Å²) in [5, 5.41) is 4.35. The van der Waals surface area contributed by atoms with Crippen LogP contribution in [0.25, 0.3) is 0 Å². The van der Waals surface area contributed by atoms with Gasteiger partial charge in [0.1, 0.15) is 0 Å². The van der Waals surface area contributed by atoms with Crippen molar-refractivity contribution < 1.29 is 17.2 Å². The minimum atomic E-state index is -4.34. The molecule has 0 atom stereocenters. The summed E-state index contributed by atoms with van der Waals surface area (Å²) in [5.74, 6) is 0. The van der Waals surface area contributed by atoms with Crippen LogP contribution in [0.15, 0.2) is 0 Å². The molecule has 3 N–H and O–H groups in total. The third kappa shape index (κ3) is 2.52. The fourth-order valence-electron chi connectivity index (χ4n) is 0.336. The quantitative estimate of drug-likeness (QED) is 0.420. The number of nitrogens with one attached hydrogen (secondary N) is 1. The minimum absolute atomic E-state index is 0.354. The smallest absolute Gasteiger partial charge is 0.238 e. The molecule has 0 bridgehead atoms. The zero-order chi connectivity index (χ0) is 8.36. The molecule has 0 spiro atoms. The Labute approximate surface area is 57.0 Å². The van der Waals surface area contributed by atoms with Gasteiger partial charge >= 0.3 is 6.55 Å². The van der Waals surface area contributed by atoms with Crippen molar-refractivity contribution in [2.75, 3.05) is 7.05 Å². The van der Waals surface area contributed by atoms with Crippen molar-refractivity contribution in [3.8, 4) is 0 Å². The summed E-state index contributed by atoms with van der Waals surface area (Å²) in [6, 6.07) is 0. The lowest BCUT2D eigenvalue weighted by molar-refractivity contribution is 0.00784. The second-order valence-corrected chi connectivity index (χ2v) is 2.77. The maximum absolute atomic E-state index is 11.6. The summed E-state index contributed by atoms with van der Waals surface area (Å²) in [5.41, 5.74) is 1.71. The second kappa shape index (κ2) is 3.19. The van der Waals surface area contributed by atoms with Gasteiger partial charge < -0.3 is 0 Å². The third-order valence-corrected chi connectivity index (χ3v) is 1.56. The first-order valence-electron chi connectivity index (χ1n) is 2.17. The number of nitrogens with zero attached hydrogens (tertiary/aromatic N) is 1. The number of rotatable bonds is 3. The third-order valence-electron chi connectivity index (χ3n) is 0.672. The highest BCUT2D eigenvalue weighted by Crippen LogP contribution is 2.00. The summed E-state index contributed by atoms with van der Waals surface area (Å²) < 4.78 is 43.2. The van der Waals surface area contributed by atoms with Gasteiger partial charge in [0, 0.05) is 7.05 Å². The number of alkyl halides is 2. The van der Waals surface area contributed by atoms with Crippen LogP contribution < -0.4 is 10.6 Å². The molecule has 0 aliphatic rings. The van der Waals surface area contributed by atoms with E-state index >= 15 is 0 Å². The van der Waals surface area contributed by atoms with Crippen molar-refractivity contribution in [1.82, 2.24) is 9.84 Å². The molecule has 0 rings (SSSR count). The SMILES string of the molecule is CNN(C(F)F)S(N)(=O)=O. The summed E-state index contributed by atoms with van der Waals surface area (Å²) in [4.78, 5) is 0. The lowest BCUT2D eigenvalue weighted by atomic mass is 11.3. The van der Waals surface area contributed by atoms with Crippen molar-refractivity contribution >= 4 is 10.2 Å². The Kier molecular flexibility index (Phi) is 3.09. The molecule has 0 fully saturated rings. The molecule has 0 aliphatic carbocycles. The van der Waals surface area contributed by atoms with Crippen LogP contribution in [0.4, 0.5) is 8.78 Å². The average molecular weight is 175 g/mol. The van der Waals surface area contributed by atoms with Gasteiger partial charge in [0.25, 0.3) is 10.2 Å². The number of halogens is 2. The predicted molar refractivity (Wildman–Crippen MR) is 30.0 cm³/mol. The van der Waals surface area contributed by atoms with Gasteiger partial charge in [-0.1, -0.05) is 4.41 Å². The Morgan fingerprint density at radius 1 is 1.60 bits per heavy atom. The van der Waals surface area contributed by atoms with Crippen LogP contribution in [0.2, 0.25) is 0 Å². The van der Waals surface area contributed by atoms with Crippen LogP contribution in [0.3, 0.4) is 0 Å². The van der Waals surface area contributed by atoms with Crippen LogP contribution in [-0.4, -0.2) is 26.4 Å². The van der Waals surface area contributed by atoms with Crippen LogP contribution >= 0.6 is 0 Å². The fourth-order valence-corrected chi connectivity index (χ4v) is 0.813. The van der Waals surface area contributed by atoms with Crippen LogP contribution in [0.5, 0.6) is 0 Å². The lowest BCUT2D eigenvalue weighted by Crippen LogP contribution is -2.47. The second-order valence-electron chi connectivity index (χ2n) is 1.34. The van der Waals surface area contributed by atoms with Crippen molar-refractivity contribution in [2.24, 2.45) is 5.14 Å². The Morgan fingerprint density at radius 3 is 2.00 bits per heavy atom. The van der Waals surface area contributed by atoms with Gasteiger partial charge in [-0.2, -0.15) is 17.2 Å². The first kappa shape index (κ1) is 9.69. The van der Waals surface area contributed by atoms with Gasteiger partial charge in [-0.05, 0) is 0 Å². The summed E-state index contributed by atoms with van der Waals surface area (Å²) in [6.07, 6.45) is 0. The van der Waals surface area contributed by atoms with E-state index in [1.165, 1.54) is 0 Å². The molecule has 8 heteroatoms. The van der Waals surface area contributed by atoms with Gasteiger partial charge in [-0.3, -0.25) is 0 Å². The Balaban J connectivity index is 4.38. The van der Waals surface area contributed by atoms with E-state index < -0.39 is 16.8 Å². The molecule has 0 aromatic rings. The van der Waals surface area contributed by atoms with E-state index in [1.807, 2.05) is 0 Å². The van der Waals surface area contributed by atoms with E-state index in [1.54, 1.807) is 5.43 Å². The first-order valence-corrected chi connectivity index (χ1v) is 3.67. The highest BCUT2D eigenvalue weighted by atomic mass is 32.2. The molecule has 0 radical (unpaired) electrons. The normalized spacial score (nSPS) is 13.0. The summed E-state index contributed by atoms with van der Waals surface area (Å²) in [6.45, 7) is -3.17. The molecule has 0 aromatic carbocycles. The van der Waals surface area contributed by atoms with Crippen molar-refractivity contribution in [2.45, 2.75) is 6.55 Å². The minimum Gasteiger partial charge on any atom is -0.238 e. The van der Waals surface area contributed by atoms with E-state index in [0.717, 1.165) is 7.05 Å². The van der Waals surface area contributed by atoms with Crippen LogP contribution in [0, 0.1) is 0 Å². The molecule has 0 aromatic heterocycles. The van der Waals surface area contributed by atoms with Gasteiger partial charge in [0.2, 0.25) is 0 Å². The van der Waals surface area contributed by atoms with Gasteiger partial charge in [-0.15, -0.1) is 0 Å². The van der Waals surface area contributed by atoms with Crippen LogP contribution in [-0.2, 0) is 10.2 Å². The zero-order valence-electron chi connectivity index (χ0n) is 5.08. The number of hydrogen-bond acceptors (Lipinski definition) is 3. The number of hydrazine groups is 1. The molecule has 5 nitrogen and oxygen atoms in total. The van der Waals surface area contributed by atoms with E-state index in [-0.39, 0.29) is 4.41 Å². The summed E-state index contributed by atoms with van der Waals surface area (Å²) >= 11 is 0. The predicted octanol–water partition coefficient (Wildman–Crippen LogP) is -1.15. The molecule has 0 unspecified atom stereocenters. The molecule has 62 valence electrons. The van der Waals surface area contributed by atoms with Crippen molar-refractivity contribution in [1.29, 1.82) is 0 Å². The number of hydrogen-bond donors (Lipinski definition) is 2. The van der Waals surface area contributed by atoms with E-state index in [2.05, 4.69) is 5.14 Å². The standard InChI is InChI=1S/C2H7F2N3O2S/c1-6-7(2(3)4)10(5,8)9/h2,6H,1H3,(H2,5,8,9). The van der Waals surface area contributed by atoms with Gasteiger partial charge in [-0.25, -0.2) is 10.6 Å². The average Bonchev–Trinajstić information content (AvgIpc) is 1.60. The Bertz CT molecular complexity index is 191. The molecule has 10 heavy (non-hydrogen) atoms. The highest BCUT2D eigenvalue weighted by Gasteiger charge is 2.24. The fraction of sp³-hybridized carbons (Fsp3) is 1.00.